The van der Waals surface area contributed by atoms with Gasteiger partial charge in [-0.05, 0) is 63.1 Å². The van der Waals surface area contributed by atoms with E-state index >= 15 is 0 Å². The Kier molecular flexibility index (Phi) is 6.48. The lowest BCUT2D eigenvalue weighted by Crippen LogP contribution is -2.19. The SMILES string of the molecule is Cc1nc(NCCc2c[nH]c3ccccc23)nc(NC2CCC(CO)C2)c1-c1nc2c(C)nccc2s1. The second-order valence-electron chi connectivity index (χ2n) is 9.86. The first-order chi connectivity index (χ1) is 18.1. The number of hydrogen-bond donors (Lipinski definition) is 4. The Morgan fingerprint density at radius 2 is 1.97 bits per heavy atom. The Morgan fingerprint density at radius 1 is 1.08 bits per heavy atom. The van der Waals surface area contributed by atoms with E-state index in [2.05, 4.69) is 45.0 Å². The number of aryl methyl sites for hydroxylation is 2. The van der Waals surface area contributed by atoms with Crippen molar-refractivity contribution in [2.24, 2.45) is 5.92 Å². The Bertz CT molecular complexity index is 1560. The van der Waals surface area contributed by atoms with Crippen molar-refractivity contribution in [3.05, 3.63) is 59.7 Å². The third kappa shape index (κ3) is 4.76. The molecule has 37 heavy (non-hydrogen) atoms. The number of hydrogen-bond acceptors (Lipinski definition) is 8. The van der Waals surface area contributed by atoms with Crippen LogP contribution in [-0.2, 0) is 6.42 Å². The summed E-state index contributed by atoms with van der Waals surface area (Å²) in [4.78, 5) is 22.5. The van der Waals surface area contributed by atoms with E-state index < -0.39 is 0 Å². The average molecular weight is 514 g/mol. The molecule has 4 heterocycles. The summed E-state index contributed by atoms with van der Waals surface area (Å²) in [6, 6.07) is 10.6. The number of pyridine rings is 1. The van der Waals surface area contributed by atoms with Gasteiger partial charge in [0.25, 0.3) is 0 Å². The van der Waals surface area contributed by atoms with Crippen molar-refractivity contribution in [1.82, 2.24) is 24.9 Å². The first-order valence-electron chi connectivity index (χ1n) is 12.9. The maximum absolute atomic E-state index is 9.64. The zero-order valence-corrected chi connectivity index (χ0v) is 21.9. The number of aromatic amines is 1. The largest absolute Gasteiger partial charge is 0.396 e. The van der Waals surface area contributed by atoms with Gasteiger partial charge in [-0.15, -0.1) is 11.3 Å². The molecule has 9 heteroatoms. The van der Waals surface area contributed by atoms with Crippen molar-refractivity contribution >= 4 is 44.2 Å². The molecule has 1 aromatic carbocycles. The molecule has 0 aliphatic heterocycles. The predicted molar refractivity (Wildman–Crippen MR) is 150 cm³/mol. The molecule has 1 saturated carbocycles. The highest BCUT2D eigenvalue weighted by Gasteiger charge is 2.27. The molecule has 0 spiro atoms. The van der Waals surface area contributed by atoms with Crippen LogP contribution < -0.4 is 10.6 Å². The zero-order valence-electron chi connectivity index (χ0n) is 21.1. The molecule has 2 atom stereocenters. The van der Waals surface area contributed by atoms with E-state index in [-0.39, 0.29) is 12.6 Å². The molecule has 0 amide bonds. The summed E-state index contributed by atoms with van der Waals surface area (Å²) in [5, 5.41) is 18.9. The summed E-state index contributed by atoms with van der Waals surface area (Å²) in [6.45, 7) is 4.97. The number of aliphatic hydroxyl groups excluding tert-OH is 1. The molecular weight excluding hydrogens is 482 g/mol. The minimum absolute atomic E-state index is 0.235. The van der Waals surface area contributed by atoms with Crippen molar-refractivity contribution in [2.75, 3.05) is 23.8 Å². The molecule has 0 radical (unpaired) electrons. The van der Waals surface area contributed by atoms with Crippen LogP contribution in [0.2, 0.25) is 0 Å². The molecule has 190 valence electrons. The number of fused-ring (bicyclic) bond motifs is 2. The summed E-state index contributed by atoms with van der Waals surface area (Å²) >= 11 is 1.64. The fourth-order valence-electron chi connectivity index (χ4n) is 5.31. The van der Waals surface area contributed by atoms with E-state index in [0.29, 0.717) is 11.9 Å². The fourth-order valence-corrected chi connectivity index (χ4v) is 6.42. The number of benzene rings is 1. The Balaban J connectivity index is 1.29. The van der Waals surface area contributed by atoms with Gasteiger partial charge in [0.2, 0.25) is 5.95 Å². The number of thiazole rings is 1. The second-order valence-corrected chi connectivity index (χ2v) is 10.9. The number of anilines is 2. The molecule has 0 saturated heterocycles. The normalized spacial score (nSPS) is 17.6. The highest BCUT2D eigenvalue weighted by atomic mass is 32.1. The van der Waals surface area contributed by atoms with Crippen molar-refractivity contribution in [2.45, 2.75) is 45.6 Å². The first kappa shape index (κ1) is 23.8. The number of aromatic nitrogens is 5. The van der Waals surface area contributed by atoms with Crippen molar-refractivity contribution < 1.29 is 5.11 Å². The van der Waals surface area contributed by atoms with E-state index in [4.69, 9.17) is 15.0 Å². The van der Waals surface area contributed by atoms with Gasteiger partial charge in [0.05, 0.1) is 21.7 Å². The van der Waals surface area contributed by atoms with Gasteiger partial charge < -0.3 is 20.7 Å². The van der Waals surface area contributed by atoms with Crippen molar-refractivity contribution in [3.63, 3.8) is 0 Å². The summed E-state index contributed by atoms with van der Waals surface area (Å²) < 4.78 is 1.11. The monoisotopic (exact) mass is 513 g/mol. The quantitative estimate of drug-likeness (QED) is 0.218. The lowest BCUT2D eigenvalue weighted by Gasteiger charge is -2.18. The van der Waals surface area contributed by atoms with Crippen LogP contribution in [-0.4, -0.2) is 49.2 Å². The molecule has 4 aromatic heterocycles. The zero-order chi connectivity index (χ0) is 25.4. The smallest absolute Gasteiger partial charge is 0.224 e. The number of nitrogens with zero attached hydrogens (tertiary/aromatic N) is 4. The number of aliphatic hydroxyl groups is 1. The molecule has 0 bridgehead atoms. The van der Waals surface area contributed by atoms with E-state index in [1.54, 1.807) is 11.3 Å². The molecule has 5 aromatic rings. The molecule has 8 nitrogen and oxygen atoms in total. The number of H-pyrrole nitrogens is 1. The predicted octanol–water partition coefficient (Wildman–Crippen LogP) is 5.47. The van der Waals surface area contributed by atoms with Gasteiger partial charge in [0.1, 0.15) is 16.3 Å². The molecule has 4 N–H and O–H groups in total. The molecule has 1 aliphatic carbocycles. The minimum Gasteiger partial charge on any atom is -0.396 e. The van der Waals surface area contributed by atoms with E-state index in [1.165, 1.54) is 10.9 Å². The lowest BCUT2D eigenvalue weighted by atomic mass is 10.1. The van der Waals surface area contributed by atoms with Gasteiger partial charge in [-0.1, -0.05) is 18.2 Å². The van der Waals surface area contributed by atoms with Crippen molar-refractivity contribution in [3.8, 4) is 10.6 Å². The van der Waals surface area contributed by atoms with Crippen LogP contribution in [0, 0.1) is 19.8 Å². The number of nitrogens with one attached hydrogen (secondary N) is 3. The van der Waals surface area contributed by atoms with Crippen LogP contribution in [0.1, 0.15) is 36.2 Å². The van der Waals surface area contributed by atoms with Crippen molar-refractivity contribution in [1.29, 1.82) is 0 Å². The van der Waals surface area contributed by atoms with Crippen LogP contribution in [0.4, 0.5) is 11.8 Å². The maximum Gasteiger partial charge on any atom is 0.224 e. The minimum atomic E-state index is 0.235. The van der Waals surface area contributed by atoms with Crippen LogP contribution in [0.3, 0.4) is 0 Å². The van der Waals surface area contributed by atoms with Crippen LogP contribution in [0.25, 0.3) is 31.7 Å². The fraction of sp³-hybridized carbons (Fsp3) is 0.357. The summed E-state index contributed by atoms with van der Waals surface area (Å²) in [7, 11) is 0. The maximum atomic E-state index is 9.64. The van der Waals surface area contributed by atoms with Gasteiger partial charge in [0, 0.05) is 42.5 Å². The van der Waals surface area contributed by atoms with Crippen LogP contribution in [0.5, 0.6) is 0 Å². The average Bonchev–Trinajstić information content (AvgIpc) is 3.63. The van der Waals surface area contributed by atoms with Gasteiger partial charge >= 0.3 is 0 Å². The third-order valence-corrected chi connectivity index (χ3v) is 8.32. The molecule has 1 aliphatic rings. The van der Waals surface area contributed by atoms with Gasteiger partial charge in [-0.25, -0.2) is 9.97 Å². The summed E-state index contributed by atoms with van der Waals surface area (Å²) in [6.07, 6.45) is 7.74. The molecular formula is C28H31N7OS. The van der Waals surface area contributed by atoms with E-state index in [0.717, 1.165) is 75.7 Å². The van der Waals surface area contributed by atoms with E-state index in [9.17, 15) is 5.11 Å². The first-order valence-corrected chi connectivity index (χ1v) is 13.7. The standard InChI is InChI=1S/C28H31N7OS/c1-16-24(27-34-25-17(2)29-12-10-23(25)37-27)26(33-20-8-7-18(13-20)15-36)35-28(32-16)30-11-9-19-14-31-22-6-4-3-5-21(19)22/h3-6,10,12,14,18,20,31,36H,7-9,11,13,15H2,1-2H3,(H2,30,32,33,35). The number of para-hydroxylation sites is 1. The summed E-state index contributed by atoms with van der Waals surface area (Å²) in [5.41, 5.74) is 6.10. The Hall–Kier alpha value is -3.56. The molecule has 6 rings (SSSR count). The highest BCUT2D eigenvalue weighted by Crippen LogP contribution is 2.38. The van der Waals surface area contributed by atoms with E-state index in [1.807, 2.05) is 32.2 Å². The van der Waals surface area contributed by atoms with Gasteiger partial charge in [0.15, 0.2) is 0 Å². The second kappa shape index (κ2) is 10.1. The van der Waals surface area contributed by atoms with Crippen LogP contribution >= 0.6 is 11.3 Å². The van der Waals surface area contributed by atoms with Gasteiger partial charge in [-0.3, -0.25) is 4.98 Å². The Labute approximate surface area is 219 Å². The lowest BCUT2D eigenvalue weighted by molar-refractivity contribution is 0.229. The topological polar surface area (TPSA) is 112 Å². The Morgan fingerprint density at radius 3 is 2.81 bits per heavy atom. The van der Waals surface area contributed by atoms with Crippen LogP contribution in [0.15, 0.2) is 42.7 Å². The number of rotatable bonds is 8. The molecule has 2 unspecified atom stereocenters. The third-order valence-electron chi connectivity index (χ3n) is 7.29. The molecule has 1 fully saturated rings. The van der Waals surface area contributed by atoms with Gasteiger partial charge in [-0.2, -0.15) is 4.98 Å². The summed E-state index contributed by atoms with van der Waals surface area (Å²) in [5.74, 6) is 1.75. The highest BCUT2D eigenvalue weighted by molar-refractivity contribution is 7.21.